The molecule has 0 saturated carbocycles. The Balaban J connectivity index is 2.07. The third-order valence-electron chi connectivity index (χ3n) is 2.69. The van der Waals surface area contributed by atoms with Gasteiger partial charge in [-0.3, -0.25) is 10.1 Å². The molecule has 2 aromatic rings. The number of carbonyl (C=O) groups is 1. The molecule has 0 aliphatic carbocycles. The second-order valence-electron chi connectivity index (χ2n) is 4.29. The molecular formula is C15H16BrN3O2S. The van der Waals surface area contributed by atoms with Crippen LogP contribution in [0.5, 0.6) is 5.75 Å². The molecule has 0 atom stereocenters. The molecule has 2 rings (SSSR count). The van der Waals surface area contributed by atoms with E-state index in [-0.39, 0.29) is 5.91 Å². The van der Waals surface area contributed by atoms with Gasteiger partial charge >= 0.3 is 0 Å². The van der Waals surface area contributed by atoms with Crippen LogP contribution in [0.4, 0.5) is 5.13 Å². The summed E-state index contributed by atoms with van der Waals surface area (Å²) in [6.45, 7) is 4.48. The van der Waals surface area contributed by atoms with Gasteiger partial charge in [0.05, 0.1) is 6.61 Å². The standard InChI is InChI=1S/C15H16BrN3O2S/c1-3-14-18-19-15(22-14)17-13(20)8-5-10-9-11(16)6-7-12(10)21-4-2/h5-9H,3-4H2,1-2H3,(H,17,19,20)/b8-5+. The summed E-state index contributed by atoms with van der Waals surface area (Å²) in [6.07, 6.45) is 3.98. The molecule has 0 bridgehead atoms. The molecule has 1 aromatic heterocycles. The lowest BCUT2D eigenvalue weighted by atomic mass is 10.2. The van der Waals surface area contributed by atoms with E-state index in [9.17, 15) is 4.79 Å². The third-order valence-corrected chi connectivity index (χ3v) is 4.16. The van der Waals surface area contributed by atoms with Crippen molar-refractivity contribution in [3.8, 4) is 5.75 Å². The van der Waals surface area contributed by atoms with Crippen molar-refractivity contribution in [3.63, 3.8) is 0 Å². The second-order valence-corrected chi connectivity index (χ2v) is 6.27. The van der Waals surface area contributed by atoms with Crippen LogP contribution in [0.3, 0.4) is 0 Å². The van der Waals surface area contributed by atoms with Crippen molar-refractivity contribution >= 4 is 44.4 Å². The van der Waals surface area contributed by atoms with Crippen molar-refractivity contribution in [2.24, 2.45) is 0 Å². The molecule has 22 heavy (non-hydrogen) atoms. The minimum atomic E-state index is -0.249. The van der Waals surface area contributed by atoms with Gasteiger partial charge in [-0.25, -0.2) is 0 Å². The van der Waals surface area contributed by atoms with E-state index in [1.54, 1.807) is 6.08 Å². The molecule has 0 fully saturated rings. The van der Waals surface area contributed by atoms with E-state index in [0.29, 0.717) is 11.7 Å². The Labute approximate surface area is 141 Å². The van der Waals surface area contributed by atoms with Crippen molar-refractivity contribution in [3.05, 3.63) is 39.3 Å². The Morgan fingerprint density at radius 1 is 1.41 bits per heavy atom. The van der Waals surface area contributed by atoms with Crippen LogP contribution in [0.1, 0.15) is 24.4 Å². The predicted molar refractivity (Wildman–Crippen MR) is 92.3 cm³/mol. The van der Waals surface area contributed by atoms with E-state index >= 15 is 0 Å². The number of benzene rings is 1. The fourth-order valence-electron chi connectivity index (χ4n) is 1.70. The van der Waals surface area contributed by atoms with Gasteiger partial charge in [0.1, 0.15) is 10.8 Å². The van der Waals surface area contributed by atoms with Crippen molar-refractivity contribution < 1.29 is 9.53 Å². The van der Waals surface area contributed by atoms with Gasteiger partial charge in [0.25, 0.3) is 0 Å². The molecule has 0 radical (unpaired) electrons. The van der Waals surface area contributed by atoms with Crippen molar-refractivity contribution in [1.29, 1.82) is 0 Å². The number of nitrogens with zero attached hydrogens (tertiary/aromatic N) is 2. The fourth-order valence-corrected chi connectivity index (χ4v) is 2.76. The molecule has 7 heteroatoms. The topological polar surface area (TPSA) is 64.1 Å². The first kappa shape index (κ1) is 16.6. The smallest absolute Gasteiger partial charge is 0.250 e. The maximum Gasteiger partial charge on any atom is 0.250 e. The average molecular weight is 382 g/mol. The van der Waals surface area contributed by atoms with Crippen LogP contribution in [0.15, 0.2) is 28.7 Å². The fraction of sp³-hybridized carbons (Fsp3) is 0.267. The number of aryl methyl sites for hydroxylation is 1. The number of carbonyl (C=O) groups excluding carboxylic acids is 1. The lowest BCUT2D eigenvalue weighted by Crippen LogP contribution is -2.07. The summed E-state index contributed by atoms with van der Waals surface area (Å²) in [5.74, 6) is 0.486. The van der Waals surface area contributed by atoms with E-state index in [1.165, 1.54) is 17.4 Å². The number of anilines is 1. The van der Waals surface area contributed by atoms with Crippen LogP contribution in [0.25, 0.3) is 6.08 Å². The maximum atomic E-state index is 11.9. The highest BCUT2D eigenvalue weighted by atomic mass is 79.9. The molecule has 1 heterocycles. The number of amides is 1. The number of ether oxygens (including phenoxy) is 1. The van der Waals surface area contributed by atoms with Crippen molar-refractivity contribution in [2.75, 3.05) is 11.9 Å². The summed E-state index contributed by atoms with van der Waals surface area (Å²) in [7, 11) is 0. The van der Waals surface area contributed by atoms with Crippen LogP contribution < -0.4 is 10.1 Å². The Morgan fingerprint density at radius 3 is 2.91 bits per heavy atom. The first-order valence-corrected chi connectivity index (χ1v) is 8.47. The molecule has 0 aliphatic heterocycles. The van der Waals surface area contributed by atoms with E-state index in [1.807, 2.05) is 32.0 Å². The van der Waals surface area contributed by atoms with E-state index in [4.69, 9.17) is 4.74 Å². The largest absolute Gasteiger partial charge is 0.493 e. The first-order chi connectivity index (χ1) is 10.6. The molecule has 5 nitrogen and oxygen atoms in total. The van der Waals surface area contributed by atoms with Crippen LogP contribution >= 0.6 is 27.3 Å². The molecular weight excluding hydrogens is 366 g/mol. The van der Waals surface area contributed by atoms with Crippen molar-refractivity contribution in [2.45, 2.75) is 20.3 Å². The second kappa shape index (κ2) is 8.05. The van der Waals surface area contributed by atoms with Crippen molar-refractivity contribution in [1.82, 2.24) is 10.2 Å². The zero-order valence-corrected chi connectivity index (χ0v) is 14.7. The SMILES string of the molecule is CCOc1ccc(Br)cc1/C=C/C(=O)Nc1nnc(CC)s1. The van der Waals surface area contributed by atoms with Gasteiger partial charge in [0, 0.05) is 16.1 Å². The number of nitrogens with one attached hydrogen (secondary N) is 1. The number of hydrogen-bond donors (Lipinski definition) is 1. The van der Waals surface area contributed by atoms with Crippen LogP contribution in [0.2, 0.25) is 0 Å². The van der Waals surface area contributed by atoms with Gasteiger partial charge in [-0.15, -0.1) is 10.2 Å². The third kappa shape index (κ3) is 4.64. The summed E-state index contributed by atoms with van der Waals surface area (Å²) in [5.41, 5.74) is 0.831. The minimum Gasteiger partial charge on any atom is -0.493 e. The Hall–Kier alpha value is -1.73. The van der Waals surface area contributed by atoms with Crippen LogP contribution in [0, 0.1) is 0 Å². The lowest BCUT2D eigenvalue weighted by molar-refractivity contribution is -0.111. The van der Waals surface area contributed by atoms with Gasteiger partial charge in [-0.05, 0) is 37.6 Å². The summed E-state index contributed by atoms with van der Waals surface area (Å²) in [6, 6.07) is 5.66. The van der Waals surface area contributed by atoms with E-state index in [0.717, 1.165) is 27.2 Å². The molecule has 0 saturated heterocycles. The Bertz CT molecular complexity index is 685. The highest BCUT2D eigenvalue weighted by Gasteiger charge is 2.06. The summed E-state index contributed by atoms with van der Waals surface area (Å²) in [5, 5.41) is 12.0. The molecule has 1 amide bonds. The van der Waals surface area contributed by atoms with Crippen LogP contribution in [-0.4, -0.2) is 22.7 Å². The average Bonchev–Trinajstić information content (AvgIpc) is 2.95. The van der Waals surface area contributed by atoms with Gasteiger partial charge in [-0.2, -0.15) is 0 Å². The molecule has 1 N–H and O–H groups in total. The minimum absolute atomic E-state index is 0.249. The zero-order valence-electron chi connectivity index (χ0n) is 12.3. The summed E-state index contributed by atoms with van der Waals surface area (Å²) >= 11 is 4.79. The van der Waals surface area contributed by atoms with Gasteiger partial charge in [-0.1, -0.05) is 34.2 Å². The molecule has 0 aliphatic rings. The van der Waals surface area contributed by atoms with Gasteiger partial charge in [0.2, 0.25) is 11.0 Å². The lowest BCUT2D eigenvalue weighted by Gasteiger charge is -2.07. The number of halogens is 1. The summed E-state index contributed by atoms with van der Waals surface area (Å²) in [4.78, 5) is 11.9. The first-order valence-electron chi connectivity index (χ1n) is 6.86. The normalized spacial score (nSPS) is 10.9. The molecule has 0 unspecified atom stereocenters. The predicted octanol–water partition coefficient (Wildman–Crippen LogP) is 3.91. The molecule has 0 spiro atoms. The summed E-state index contributed by atoms with van der Waals surface area (Å²) < 4.78 is 6.46. The number of hydrogen-bond acceptors (Lipinski definition) is 5. The monoisotopic (exact) mass is 381 g/mol. The van der Waals surface area contributed by atoms with Crippen LogP contribution in [-0.2, 0) is 11.2 Å². The molecule has 1 aromatic carbocycles. The highest BCUT2D eigenvalue weighted by molar-refractivity contribution is 9.10. The van der Waals surface area contributed by atoms with Gasteiger partial charge in [0.15, 0.2) is 0 Å². The zero-order chi connectivity index (χ0) is 15.9. The number of rotatable bonds is 6. The Kier molecular flexibility index (Phi) is 6.09. The van der Waals surface area contributed by atoms with E-state index < -0.39 is 0 Å². The Morgan fingerprint density at radius 2 is 2.23 bits per heavy atom. The van der Waals surface area contributed by atoms with E-state index in [2.05, 4.69) is 31.4 Å². The maximum absolute atomic E-state index is 11.9. The van der Waals surface area contributed by atoms with Gasteiger partial charge < -0.3 is 4.74 Å². The highest BCUT2D eigenvalue weighted by Crippen LogP contribution is 2.24. The molecule has 116 valence electrons. The number of aromatic nitrogens is 2. The quantitative estimate of drug-likeness (QED) is 0.770.